The van der Waals surface area contributed by atoms with E-state index >= 15 is 0 Å². The number of imidazole rings is 1. The van der Waals surface area contributed by atoms with Crippen LogP contribution in [0.4, 0.5) is 0 Å². The van der Waals surface area contributed by atoms with Crippen LogP contribution in [0.1, 0.15) is 109 Å². The summed E-state index contributed by atoms with van der Waals surface area (Å²) in [5, 5.41) is 0. The maximum Gasteiger partial charge on any atom is 0.496 e. The molecular formula is C50H72B3BrN6O9. The van der Waals surface area contributed by atoms with Crippen molar-refractivity contribution in [2.75, 3.05) is 13.1 Å². The monoisotopic (exact) mass is 1010 g/mol. The van der Waals surface area contributed by atoms with Gasteiger partial charge in [0.15, 0.2) is 0 Å². The number of aryl methyl sites for hydroxylation is 3. The lowest BCUT2D eigenvalue weighted by Gasteiger charge is -2.32. The van der Waals surface area contributed by atoms with Gasteiger partial charge in [0.1, 0.15) is 5.65 Å². The van der Waals surface area contributed by atoms with Crippen molar-refractivity contribution in [2.45, 2.75) is 149 Å². The van der Waals surface area contributed by atoms with Gasteiger partial charge in [0.05, 0.1) is 39.3 Å². The Morgan fingerprint density at radius 3 is 1.49 bits per heavy atom. The molecule has 0 N–H and O–H groups in total. The summed E-state index contributed by atoms with van der Waals surface area (Å²) in [6, 6.07) is 14.8. The minimum Gasteiger partial charge on any atom is -0.405 e. The topological polar surface area (TPSA) is 142 Å². The molecular weight excluding hydrogens is 941 g/mol. The van der Waals surface area contributed by atoms with Gasteiger partial charge in [0.25, 0.3) is 0 Å². The van der Waals surface area contributed by atoms with Crippen LogP contribution in [0.25, 0.3) is 16.8 Å². The first kappa shape index (κ1) is 54.3. The molecule has 0 aromatic carbocycles. The number of nitrogens with zero attached hydrogens (tertiary/aromatic N) is 6. The van der Waals surface area contributed by atoms with Crippen molar-refractivity contribution in [1.29, 1.82) is 0 Å². The Labute approximate surface area is 417 Å². The van der Waals surface area contributed by atoms with Crippen LogP contribution in [0.3, 0.4) is 0 Å². The number of hydrogen-bond donors (Lipinski definition) is 0. The van der Waals surface area contributed by atoms with Crippen LogP contribution in [-0.4, -0.2) is 102 Å². The largest absolute Gasteiger partial charge is 0.496 e. The predicted octanol–water partition coefficient (Wildman–Crippen LogP) is 6.81. The zero-order valence-corrected chi connectivity index (χ0v) is 45.2. The van der Waals surface area contributed by atoms with Crippen LogP contribution >= 0.6 is 15.9 Å². The SMILES string of the molecule is CC1(C)OB(B2OC(C)(C)C(C)(C)O2)OC1(C)C.C[C@@H]1CCCN1CCc1cn2cc(-c3ccc(=O)n(C)c3)ccc2n1.Cn1cc(B2OC(C)(C)C(C)(C)O2)ccc1=O.Cn1cc(Br)ccc1=O. The first-order valence-corrected chi connectivity index (χ1v) is 24.6. The highest BCUT2D eigenvalue weighted by Crippen LogP contribution is 2.43. The molecule has 4 aliphatic heterocycles. The van der Waals surface area contributed by atoms with E-state index in [-0.39, 0.29) is 50.3 Å². The molecule has 0 saturated carbocycles. The summed E-state index contributed by atoms with van der Waals surface area (Å²) in [4.78, 5) is 40.9. The number of aromatic nitrogens is 5. The first-order valence-electron chi connectivity index (χ1n) is 23.9. The van der Waals surface area contributed by atoms with Gasteiger partial charge in [-0.25, -0.2) is 4.98 Å². The third-order valence-electron chi connectivity index (χ3n) is 14.7. The molecule has 0 unspecified atom stereocenters. The van der Waals surface area contributed by atoms with E-state index in [2.05, 4.69) is 50.6 Å². The second-order valence-corrected chi connectivity index (χ2v) is 22.5. The normalized spacial score (nSPS) is 21.6. The number of rotatable bonds is 6. The van der Waals surface area contributed by atoms with Crippen molar-refractivity contribution in [2.24, 2.45) is 21.1 Å². The van der Waals surface area contributed by atoms with Crippen LogP contribution in [0.2, 0.25) is 0 Å². The first-order chi connectivity index (χ1) is 31.9. The highest BCUT2D eigenvalue weighted by molar-refractivity contribution is 9.10. The highest BCUT2D eigenvalue weighted by Gasteiger charge is 2.63. The molecule has 19 heteroatoms. The van der Waals surface area contributed by atoms with Gasteiger partial charge >= 0.3 is 21.1 Å². The van der Waals surface area contributed by atoms with E-state index in [0.29, 0.717) is 6.04 Å². The second-order valence-electron chi connectivity index (χ2n) is 21.6. The number of pyridine rings is 4. The number of hydrogen-bond acceptors (Lipinski definition) is 11. The van der Waals surface area contributed by atoms with Crippen molar-refractivity contribution >= 4 is 48.2 Å². The van der Waals surface area contributed by atoms with Crippen LogP contribution in [0, 0.1) is 0 Å². The van der Waals surface area contributed by atoms with Gasteiger partial charge in [-0.2, -0.15) is 0 Å². The quantitative estimate of drug-likeness (QED) is 0.166. The maximum atomic E-state index is 11.6. The Kier molecular flexibility index (Phi) is 16.2. The summed E-state index contributed by atoms with van der Waals surface area (Å²) in [5.41, 5.74) is 2.92. The third kappa shape index (κ3) is 12.5. The van der Waals surface area contributed by atoms with Gasteiger partial charge in [0, 0.05) is 93.8 Å². The van der Waals surface area contributed by atoms with E-state index in [1.54, 1.807) is 56.3 Å². The van der Waals surface area contributed by atoms with E-state index in [1.807, 2.05) is 101 Å². The molecule has 5 aromatic rings. The summed E-state index contributed by atoms with van der Waals surface area (Å²) >= 11 is 3.24. The van der Waals surface area contributed by atoms with Crippen LogP contribution in [-0.2, 0) is 55.5 Å². The van der Waals surface area contributed by atoms with Gasteiger partial charge in [-0.1, -0.05) is 6.07 Å². The Balaban J connectivity index is 0.000000159. The summed E-state index contributed by atoms with van der Waals surface area (Å²) in [5.74, 6) is 0. The molecule has 5 aromatic heterocycles. The lowest BCUT2D eigenvalue weighted by Crippen LogP contribution is -2.41. The summed E-state index contributed by atoms with van der Waals surface area (Å²) in [6.45, 7) is 28.9. The molecule has 0 radical (unpaired) electrons. The van der Waals surface area contributed by atoms with E-state index in [9.17, 15) is 14.4 Å². The standard InChI is InChI=1S/C20H24N4O.C12H24B2O4.C12H18BNO3.C6H6BrNO/c1-15-4-3-10-23(15)11-9-18-14-24-13-17(5-7-19(24)21-18)16-6-8-20(25)22(2)12-16;1-9(2)10(3,4)16-13(15-9)14-17-11(5,6)12(7,8)18-14;1-11(2)12(3,4)17-13(16-11)9-6-7-10(15)14(5)8-9;1-8-4-5(7)2-3-6(8)9/h5-8,12-15H,3-4,9-11H2,1-2H3;1-8H3;6-8H,1-5H3;2-4H,1H3/t15-;;;/m1.../s1. The van der Waals surface area contributed by atoms with Crippen molar-refractivity contribution in [3.63, 3.8) is 0 Å². The van der Waals surface area contributed by atoms with Crippen LogP contribution < -0.4 is 22.1 Å². The lowest BCUT2D eigenvalue weighted by molar-refractivity contribution is 0.00578. The zero-order valence-electron chi connectivity index (χ0n) is 43.6. The molecule has 15 nitrogen and oxygen atoms in total. The van der Waals surface area contributed by atoms with Gasteiger partial charge in [-0.15, -0.1) is 0 Å². The minimum atomic E-state index is -0.476. The number of likely N-dealkylation sites (tertiary alicyclic amines) is 1. The third-order valence-corrected chi connectivity index (χ3v) is 15.2. The summed E-state index contributed by atoms with van der Waals surface area (Å²) in [7, 11) is 3.85. The van der Waals surface area contributed by atoms with Crippen molar-refractivity contribution in [3.8, 4) is 11.1 Å². The predicted molar refractivity (Wildman–Crippen MR) is 279 cm³/mol. The van der Waals surface area contributed by atoms with Gasteiger partial charge in [0.2, 0.25) is 16.7 Å². The Morgan fingerprint density at radius 2 is 1.03 bits per heavy atom. The highest BCUT2D eigenvalue weighted by atomic mass is 79.9. The minimum absolute atomic E-state index is 0.00545. The number of fused-ring (bicyclic) bond motifs is 1. The summed E-state index contributed by atoms with van der Waals surface area (Å²) < 4.78 is 43.3. The fraction of sp³-hybridized carbons (Fsp3) is 0.560. The summed E-state index contributed by atoms with van der Waals surface area (Å²) in [6.07, 6.45) is 13.2. The average Bonchev–Trinajstić information content (AvgIpc) is 4.01. The van der Waals surface area contributed by atoms with E-state index in [4.69, 9.17) is 32.9 Å². The molecule has 1 atom stereocenters. The second kappa shape index (κ2) is 20.6. The Morgan fingerprint density at radius 1 is 0.580 bits per heavy atom. The van der Waals surface area contributed by atoms with E-state index in [1.165, 1.54) is 40.7 Å². The number of halogens is 1. The van der Waals surface area contributed by atoms with Gasteiger partial charge in [-0.05, 0) is 166 Å². The lowest BCUT2D eigenvalue weighted by atomic mass is 9.49. The molecule has 4 fully saturated rings. The van der Waals surface area contributed by atoms with Crippen molar-refractivity contribution < 1.29 is 27.9 Å². The van der Waals surface area contributed by atoms with Crippen LogP contribution in [0.5, 0.6) is 0 Å². The molecule has 0 amide bonds. The average molecular weight is 1010 g/mol. The van der Waals surface area contributed by atoms with E-state index < -0.39 is 21.1 Å². The fourth-order valence-corrected chi connectivity index (χ4v) is 8.42. The zero-order chi connectivity index (χ0) is 51.1. The molecule has 372 valence electrons. The Bertz CT molecular complexity index is 2700. The molecule has 4 saturated heterocycles. The smallest absolute Gasteiger partial charge is 0.405 e. The Hall–Kier alpha value is -4.07. The van der Waals surface area contributed by atoms with Gasteiger partial charge in [-0.3, -0.25) is 14.4 Å². The molecule has 9 heterocycles. The molecule has 4 aliphatic rings. The molecule has 0 spiro atoms. The van der Waals surface area contributed by atoms with Crippen LogP contribution in [0.15, 0.2) is 98.4 Å². The fourth-order valence-electron chi connectivity index (χ4n) is 7.98. The molecule has 0 aliphatic carbocycles. The van der Waals surface area contributed by atoms with Gasteiger partial charge < -0.3 is 50.9 Å². The molecule has 9 rings (SSSR count). The van der Waals surface area contributed by atoms with Crippen molar-refractivity contribution in [3.05, 3.63) is 121 Å². The van der Waals surface area contributed by atoms with Crippen molar-refractivity contribution in [1.82, 2.24) is 28.0 Å². The maximum absolute atomic E-state index is 11.6. The van der Waals surface area contributed by atoms with E-state index in [0.717, 1.165) is 45.4 Å². The molecule has 69 heavy (non-hydrogen) atoms. The molecule has 0 bridgehead atoms.